The van der Waals surface area contributed by atoms with Gasteiger partial charge in [0.15, 0.2) is 0 Å². The van der Waals surface area contributed by atoms with E-state index in [-0.39, 0.29) is 45.5 Å². The molecular formula is C36H37Cl2N3O4S. The van der Waals surface area contributed by atoms with Crippen LogP contribution in [0, 0.1) is 6.92 Å². The number of carbonyl (C=O) groups is 2. The van der Waals surface area contributed by atoms with Gasteiger partial charge in [-0.15, -0.1) is 0 Å². The number of hydrogen-bond acceptors (Lipinski definition) is 4. The van der Waals surface area contributed by atoms with Gasteiger partial charge in [-0.05, 0) is 61.2 Å². The maximum atomic E-state index is 14.6. The van der Waals surface area contributed by atoms with E-state index in [0.29, 0.717) is 0 Å². The van der Waals surface area contributed by atoms with Crippen molar-refractivity contribution < 1.29 is 18.0 Å². The van der Waals surface area contributed by atoms with Crippen molar-refractivity contribution >= 4 is 50.7 Å². The summed E-state index contributed by atoms with van der Waals surface area (Å²) < 4.78 is 29.3. The summed E-state index contributed by atoms with van der Waals surface area (Å²) in [6, 6.07) is 28.7. The summed E-state index contributed by atoms with van der Waals surface area (Å²) in [4.78, 5) is 30.2. The second-order valence-corrected chi connectivity index (χ2v) is 14.3. The van der Waals surface area contributed by atoms with Crippen LogP contribution in [0.3, 0.4) is 0 Å². The largest absolute Gasteiger partial charge is 0.352 e. The van der Waals surface area contributed by atoms with E-state index in [2.05, 4.69) is 5.32 Å². The van der Waals surface area contributed by atoms with E-state index in [1.165, 1.54) is 29.2 Å². The van der Waals surface area contributed by atoms with Crippen molar-refractivity contribution in [2.75, 3.05) is 10.8 Å². The zero-order chi connectivity index (χ0) is 32.7. The third-order valence-electron chi connectivity index (χ3n) is 8.23. The molecule has 1 aliphatic rings. The Morgan fingerprint density at radius 3 is 2.13 bits per heavy atom. The fourth-order valence-electron chi connectivity index (χ4n) is 5.72. The van der Waals surface area contributed by atoms with Crippen molar-refractivity contribution in [3.8, 4) is 0 Å². The molecule has 7 nitrogen and oxygen atoms in total. The van der Waals surface area contributed by atoms with E-state index < -0.39 is 28.5 Å². The van der Waals surface area contributed by atoms with Crippen molar-refractivity contribution in [1.82, 2.24) is 10.2 Å². The molecule has 240 valence electrons. The summed E-state index contributed by atoms with van der Waals surface area (Å²) in [5, 5.41) is 3.56. The van der Waals surface area contributed by atoms with Gasteiger partial charge in [0.1, 0.15) is 12.6 Å². The molecular weight excluding hydrogens is 641 g/mol. The van der Waals surface area contributed by atoms with Crippen molar-refractivity contribution in [1.29, 1.82) is 0 Å². The number of aryl methyl sites for hydroxylation is 1. The first-order chi connectivity index (χ1) is 22.1. The lowest BCUT2D eigenvalue weighted by Crippen LogP contribution is -2.54. The monoisotopic (exact) mass is 677 g/mol. The normalized spacial score (nSPS) is 14.1. The predicted molar refractivity (Wildman–Crippen MR) is 183 cm³/mol. The number of benzene rings is 4. The maximum Gasteiger partial charge on any atom is 0.264 e. The molecule has 4 aromatic carbocycles. The highest BCUT2D eigenvalue weighted by Crippen LogP contribution is 2.33. The Morgan fingerprint density at radius 2 is 1.48 bits per heavy atom. The van der Waals surface area contributed by atoms with Crippen molar-refractivity contribution in [3.05, 3.63) is 130 Å². The Labute approximate surface area is 281 Å². The van der Waals surface area contributed by atoms with Gasteiger partial charge in [-0.2, -0.15) is 0 Å². The van der Waals surface area contributed by atoms with Crippen LogP contribution in [-0.4, -0.2) is 43.8 Å². The van der Waals surface area contributed by atoms with Crippen molar-refractivity contribution in [2.24, 2.45) is 0 Å². The van der Waals surface area contributed by atoms with Gasteiger partial charge < -0.3 is 10.2 Å². The predicted octanol–water partition coefficient (Wildman–Crippen LogP) is 7.20. The van der Waals surface area contributed by atoms with Gasteiger partial charge in [0.2, 0.25) is 11.8 Å². The molecule has 0 radical (unpaired) electrons. The van der Waals surface area contributed by atoms with Crippen molar-refractivity contribution in [3.63, 3.8) is 0 Å². The standard InChI is InChI=1S/C36H37Cl2N3O4S/c1-26-16-18-28(19-17-26)24-40(34(22-27-10-4-2-5-11-27)36(43)39-30-12-8-9-13-30)35(42)25-41(33-23-29(37)20-21-32(33)38)46(44,45)31-14-6-3-7-15-31/h2-7,10-11,14-21,23,30,34H,8-9,12-13,22,24-25H2,1H3,(H,39,43)/t34-/m0/s1. The summed E-state index contributed by atoms with van der Waals surface area (Å²) in [5.41, 5.74) is 2.81. The number of sulfonamides is 1. The van der Waals surface area contributed by atoms with Crippen LogP contribution >= 0.6 is 23.2 Å². The first kappa shape index (κ1) is 33.5. The van der Waals surface area contributed by atoms with Gasteiger partial charge in [0.25, 0.3) is 10.0 Å². The number of hydrogen-bond donors (Lipinski definition) is 1. The summed E-state index contributed by atoms with van der Waals surface area (Å²) >= 11 is 12.9. The number of carbonyl (C=O) groups excluding carboxylic acids is 2. The average Bonchev–Trinajstić information content (AvgIpc) is 3.57. The molecule has 0 aliphatic heterocycles. The Hall–Kier alpha value is -3.85. The molecule has 46 heavy (non-hydrogen) atoms. The minimum atomic E-state index is -4.28. The molecule has 0 spiro atoms. The fraction of sp³-hybridized carbons (Fsp3) is 0.278. The maximum absolute atomic E-state index is 14.6. The second-order valence-electron chi connectivity index (χ2n) is 11.6. The lowest BCUT2D eigenvalue weighted by atomic mass is 10.0. The molecule has 1 aliphatic carbocycles. The van der Waals surface area contributed by atoms with E-state index in [0.717, 1.165) is 46.7 Å². The topological polar surface area (TPSA) is 86.8 Å². The number of nitrogens with one attached hydrogen (secondary N) is 1. The van der Waals surface area contributed by atoms with Crippen molar-refractivity contribution in [2.45, 2.75) is 62.6 Å². The van der Waals surface area contributed by atoms with Crippen LogP contribution in [0.25, 0.3) is 0 Å². The van der Waals surface area contributed by atoms with E-state index in [1.807, 2.05) is 61.5 Å². The minimum Gasteiger partial charge on any atom is -0.352 e. The molecule has 0 bridgehead atoms. The summed E-state index contributed by atoms with van der Waals surface area (Å²) in [6.45, 7) is 1.46. The number of anilines is 1. The highest BCUT2D eigenvalue weighted by molar-refractivity contribution is 7.92. The van der Waals surface area contributed by atoms with Gasteiger partial charge in [-0.25, -0.2) is 8.42 Å². The molecule has 1 saturated carbocycles. The SMILES string of the molecule is Cc1ccc(CN(C(=O)CN(c2cc(Cl)ccc2Cl)S(=O)(=O)c2ccccc2)[C@@H](Cc2ccccc2)C(=O)NC2CCCC2)cc1. The van der Waals surface area contributed by atoms with E-state index in [4.69, 9.17) is 23.2 Å². The average molecular weight is 679 g/mol. The van der Waals surface area contributed by atoms with Crippen LogP contribution in [0.2, 0.25) is 10.0 Å². The molecule has 0 unspecified atom stereocenters. The fourth-order valence-corrected chi connectivity index (χ4v) is 7.60. The summed E-state index contributed by atoms with van der Waals surface area (Å²) in [6.07, 6.45) is 4.08. The Kier molecular flexibility index (Phi) is 11.0. The zero-order valence-electron chi connectivity index (χ0n) is 25.6. The first-order valence-electron chi connectivity index (χ1n) is 15.3. The molecule has 0 saturated heterocycles. The number of amides is 2. The molecule has 4 aromatic rings. The molecule has 1 fully saturated rings. The molecule has 0 aromatic heterocycles. The van der Waals surface area contributed by atoms with E-state index in [9.17, 15) is 18.0 Å². The first-order valence-corrected chi connectivity index (χ1v) is 17.5. The van der Waals surface area contributed by atoms with Crippen LogP contribution in [-0.2, 0) is 32.6 Å². The minimum absolute atomic E-state index is 0.0104. The van der Waals surface area contributed by atoms with Gasteiger partial charge >= 0.3 is 0 Å². The van der Waals surface area contributed by atoms with Gasteiger partial charge in [-0.1, -0.05) is 114 Å². The Bertz CT molecular complexity index is 1750. The second kappa shape index (κ2) is 15.2. The molecule has 2 amide bonds. The molecule has 1 N–H and O–H groups in total. The van der Waals surface area contributed by atoms with Crippen LogP contribution < -0.4 is 9.62 Å². The number of nitrogens with zero attached hydrogens (tertiary/aromatic N) is 2. The Balaban J connectivity index is 1.58. The summed E-state index contributed by atoms with van der Waals surface area (Å²) in [7, 11) is -4.28. The smallest absolute Gasteiger partial charge is 0.264 e. The highest BCUT2D eigenvalue weighted by Gasteiger charge is 2.36. The number of halogens is 2. The summed E-state index contributed by atoms with van der Waals surface area (Å²) in [5.74, 6) is -0.826. The van der Waals surface area contributed by atoms with Crippen LogP contribution in [0.15, 0.2) is 108 Å². The Morgan fingerprint density at radius 1 is 0.848 bits per heavy atom. The lowest BCUT2D eigenvalue weighted by Gasteiger charge is -2.34. The van der Waals surface area contributed by atoms with Crippen LogP contribution in [0.1, 0.15) is 42.4 Å². The molecule has 5 rings (SSSR count). The van der Waals surface area contributed by atoms with Gasteiger partial charge in [-0.3, -0.25) is 13.9 Å². The van der Waals surface area contributed by atoms with E-state index >= 15 is 0 Å². The van der Waals surface area contributed by atoms with Gasteiger partial charge in [0.05, 0.1) is 15.6 Å². The molecule has 10 heteroatoms. The van der Waals surface area contributed by atoms with Gasteiger partial charge in [0, 0.05) is 24.0 Å². The third kappa shape index (κ3) is 8.29. The van der Waals surface area contributed by atoms with E-state index in [1.54, 1.807) is 24.3 Å². The van der Waals surface area contributed by atoms with Crippen LogP contribution in [0.4, 0.5) is 5.69 Å². The molecule has 0 heterocycles. The zero-order valence-corrected chi connectivity index (χ0v) is 27.9. The highest BCUT2D eigenvalue weighted by atomic mass is 35.5. The number of rotatable bonds is 12. The quantitative estimate of drug-likeness (QED) is 0.172. The molecule has 1 atom stereocenters. The third-order valence-corrected chi connectivity index (χ3v) is 10.6. The lowest BCUT2D eigenvalue weighted by molar-refractivity contribution is -0.140. The van der Waals surface area contributed by atoms with Crippen LogP contribution in [0.5, 0.6) is 0 Å².